The third-order valence-electron chi connectivity index (χ3n) is 2.22. The third-order valence-corrected chi connectivity index (χ3v) is 2.22. The van der Waals surface area contributed by atoms with E-state index in [-0.39, 0.29) is 18.1 Å². The van der Waals surface area contributed by atoms with E-state index in [1.54, 1.807) is 27.7 Å². The maximum atomic E-state index is 11.9. The molecule has 4 heteroatoms. The lowest BCUT2D eigenvalue weighted by atomic mass is 9.79. The van der Waals surface area contributed by atoms with E-state index < -0.39 is 18.0 Å². The van der Waals surface area contributed by atoms with Crippen LogP contribution in [0.4, 0.5) is 13.2 Å². The van der Waals surface area contributed by atoms with Crippen molar-refractivity contribution in [1.82, 2.24) is 0 Å². The summed E-state index contributed by atoms with van der Waals surface area (Å²) in [5, 5.41) is 0. The van der Waals surface area contributed by atoms with Gasteiger partial charge in [0.25, 0.3) is 0 Å². The monoisotopic (exact) mass is 210 g/mol. The van der Waals surface area contributed by atoms with Crippen LogP contribution < -0.4 is 0 Å². The van der Waals surface area contributed by atoms with Crippen molar-refractivity contribution in [2.45, 2.75) is 46.7 Å². The lowest BCUT2D eigenvalue weighted by molar-refractivity contribution is -0.146. The van der Waals surface area contributed by atoms with Gasteiger partial charge in [-0.05, 0) is 6.42 Å². The largest absolute Gasteiger partial charge is 0.389 e. The predicted octanol–water partition coefficient (Wildman–Crippen LogP) is 3.58. The van der Waals surface area contributed by atoms with E-state index in [0.29, 0.717) is 0 Å². The summed E-state index contributed by atoms with van der Waals surface area (Å²) in [5.41, 5.74) is -0.871. The second kappa shape index (κ2) is 4.32. The van der Waals surface area contributed by atoms with Crippen LogP contribution in [0.1, 0.15) is 40.5 Å². The maximum Gasteiger partial charge on any atom is 0.389 e. The standard InChI is InChI=1S/C10H17F3O/c1-7(2)8(14)9(3,4)5-6-10(11,12)13/h7H,5-6H2,1-4H3. The highest BCUT2D eigenvalue weighted by Gasteiger charge is 2.35. The lowest BCUT2D eigenvalue weighted by Crippen LogP contribution is -2.30. The molecule has 0 aliphatic heterocycles. The minimum Gasteiger partial charge on any atom is -0.299 e. The number of hydrogen-bond donors (Lipinski definition) is 0. The summed E-state index contributed by atoms with van der Waals surface area (Å²) in [5.74, 6) is -0.319. The molecule has 0 N–H and O–H groups in total. The van der Waals surface area contributed by atoms with Crippen molar-refractivity contribution in [3.05, 3.63) is 0 Å². The molecular weight excluding hydrogens is 193 g/mol. The van der Waals surface area contributed by atoms with Crippen LogP contribution >= 0.6 is 0 Å². The highest BCUT2D eigenvalue weighted by molar-refractivity contribution is 5.85. The first kappa shape index (κ1) is 13.5. The second-order valence-electron chi connectivity index (χ2n) is 4.52. The number of carbonyl (C=O) groups excluding carboxylic acids is 1. The Labute approximate surface area is 82.7 Å². The molecule has 0 aromatic carbocycles. The summed E-state index contributed by atoms with van der Waals surface area (Å²) in [6, 6.07) is 0. The molecule has 0 rings (SSSR count). The second-order valence-corrected chi connectivity index (χ2v) is 4.52. The Hall–Kier alpha value is -0.540. The average molecular weight is 210 g/mol. The van der Waals surface area contributed by atoms with Crippen LogP contribution in [-0.2, 0) is 4.79 Å². The minimum atomic E-state index is -4.17. The van der Waals surface area contributed by atoms with Crippen molar-refractivity contribution in [1.29, 1.82) is 0 Å². The molecule has 0 saturated heterocycles. The molecule has 0 aromatic rings. The Kier molecular flexibility index (Phi) is 4.15. The van der Waals surface area contributed by atoms with Gasteiger partial charge < -0.3 is 0 Å². The molecule has 0 fully saturated rings. The first-order valence-electron chi connectivity index (χ1n) is 4.67. The zero-order chi connectivity index (χ0) is 11.6. The van der Waals surface area contributed by atoms with Crippen molar-refractivity contribution in [3.63, 3.8) is 0 Å². The van der Waals surface area contributed by atoms with Crippen LogP contribution in [0.2, 0.25) is 0 Å². The number of hydrogen-bond acceptors (Lipinski definition) is 1. The third kappa shape index (κ3) is 4.63. The Morgan fingerprint density at radius 2 is 1.57 bits per heavy atom. The predicted molar refractivity (Wildman–Crippen MR) is 48.9 cm³/mol. The normalized spacial score (nSPS) is 13.4. The number of alkyl halides is 3. The van der Waals surface area contributed by atoms with Gasteiger partial charge in [-0.1, -0.05) is 27.7 Å². The maximum absolute atomic E-state index is 11.9. The molecule has 0 atom stereocenters. The van der Waals surface area contributed by atoms with Crippen LogP contribution in [0.3, 0.4) is 0 Å². The number of rotatable bonds is 4. The van der Waals surface area contributed by atoms with Gasteiger partial charge in [0.2, 0.25) is 0 Å². The van der Waals surface area contributed by atoms with Gasteiger partial charge in [-0.15, -0.1) is 0 Å². The van der Waals surface area contributed by atoms with Crippen molar-refractivity contribution in [3.8, 4) is 0 Å². The average Bonchev–Trinajstić information content (AvgIpc) is 1.98. The van der Waals surface area contributed by atoms with E-state index in [2.05, 4.69) is 0 Å². The van der Waals surface area contributed by atoms with E-state index in [0.717, 1.165) is 0 Å². The van der Waals surface area contributed by atoms with Crippen LogP contribution in [0.5, 0.6) is 0 Å². The molecule has 0 unspecified atom stereocenters. The molecule has 0 saturated carbocycles. The molecule has 0 aliphatic rings. The molecule has 1 nitrogen and oxygen atoms in total. The lowest BCUT2D eigenvalue weighted by Gasteiger charge is -2.25. The highest BCUT2D eigenvalue weighted by atomic mass is 19.4. The summed E-state index contributed by atoms with van der Waals surface area (Å²) >= 11 is 0. The molecule has 0 aromatic heterocycles. The van der Waals surface area contributed by atoms with E-state index in [4.69, 9.17) is 0 Å². The van der Waals surface area contributed by atoms with Gasteiger partial charge >= 0.3 is 6.18 Å². The van der Waals surface area contributed by atoms with Crippen LogP contribution in [0.25, 0.3) is 0 Å². The smallest absolute Gasteiger partial charge is 0.299 e. The van der Waals surface area contributed by atoms with Crippen molar-refractivity contribution >= 4 is 5.78 Å². The van der Waals surface area contributed by atoms with Gasteiger partial charge in [-0.25, -0.2) is 0 Å². The van der Waals surface area contributed by atoms with Gasteiger partial charge in [-0.2, -0.15) is 13.2 Å². The fraction of sp³-hybridized carbons (Fsp3) is 0.900. The summed E-state index contributed by atoms with van der Waals surface area (Å²) < 4.78 is 35.8. The van der Waals surface area contributed by atoms with Crippen molar-refractivity contribution in [2.24, 2.45) is 11.3 Å². The molecule has 0 aliphatic carbocycles. The zero-order valence-electron chi connectivity index (χ0n) is 9.03. The molecule has 14 heavy (non-hydrogen) atoms. The summed E-state index contributed by atoms with van der Waals surface area (Å²) in [6.07, 6.45) is -5.19. The quantitative estimate of drug-likeness (QED) is 0.693. The number of carbonyl (C=O) groups is 1. The minimum absolute atomic E-state index is 0.109. The van der Waals surface area contributed by atoms with E-state index in [1.165, 1.54) is 0 Å². The Balaban J connectivity index is 4.28. The molecule has 0 bridgehead atoms. The zero-order valence-corrected chi connectivity index (χ0v) is 9.03. The van der Waals surface area contributed by atoms with Gasteiger partial charge in [0, 0.05) is 17.8 Å². The summed E-state index contributed by atoms with van der Waals surface area (Å²) in [4.78, 5) is 11.5. The summed E-state index contributed by atoms with van der Waals surface area (Å²) in [6.45, 7) is 6.55. The SMILES string of the molecule is CC(C)C(=O)C(C)(C)CCC(F)(F)F. The van der Waals surface area contributed by atoms with Gasteiger partial charge in [0.15, 0.2) is 0 Å². The van der Waals surface area contributed by atoms with Crippen LogP contribution in [0.15, 0.2) is 0 Å². The molecule has 0 heterocycles. The Morgan fingerprint density at radius 1 is 1.14 bits per heavy atom. The molecular formula is C10H17F3O. The number of ketones is 1. The highest BCUT2D eigenvalue weighted by Crippen LogP contribution is 2.32. The Morgan fingerprint density at radius 3 is 1.86 bits per heavy atom. The van der Waals surface area contributed by atoms with Gasteiger partial charge in [0.05, 0.1) is 0 Å². The molecule has 0 radical (unpaired) electrons. The van der Waals surface area contributed by atoms with Crippen LogP contribution in [-0.4, -0.2) is 12.0 Å². The summed E-state index contributed by atoms with van der Waals surface area (Å²) in [7, 11) is 0. The van der Waals surface area contributed by atoms with E-state index >= 15 is 0 Å². The van der Waals surface area contributed by atoms with E-state index in [9.17, 15) is 18.0 Å². The fourth-order valence-corrected chi connectivity index (χ4v) is 1.36. The molecule has 84 valence electrons. The first-order chi connectivity index (χ1) is 6.06. The van der Waals surface area contributed by atoms with Crippen LogP contribution in [0, 0.1) is 11.3 Å². The van der Waals surface area contributed by atoms with E-state index in [1.807, 2.05) is 0 Å². The fourth-order valence-electron chi connectivity index (χ4n) is 1.36. The Bertz CT molecular complexity index is 204. The number of Topliss-reactive ketones (excluding diaryl/α,β-unsaturated/α-hetero) is 1. The molecule has 0 amide bonds. The van der Waals surface area contributed by atoms with Gasteiger partial charge in [-0.3, -0.25) is 4.79 Å². The first-order valence-corrected chi connectivity index (χ1v) is 4.67. The topological polar surface area (TPSA) is 17.1 Å². The number of halogens is 3. The molecule has 0 spiro atoms. The van der Waals surface area contributed by atoms with Gasteiger partial charge in [0.1, 0.15) is 5.78 Å². The van der Waals surface area contributed by atoms with Crippen molar-refractivity contribution < 1.29 is 18.0 Å². The van der Waals surface area contributed by atoms with Crippen molar-refractivity contribution in [2.75, 3.05) is 0 Å².